The molecule has 108 valence electrons. The number of ether oxygens (including phenoxy) is 2. The Hall–Kier alpha value is -2.37. The number of benzene rings is 1. The lowest BCUT2D eigenvalue weighted by Crippen LogP contribution is -2.29. The number of aromatic hydroxyl groups is 1. The Morgan fingerprint density at radius 1 is 1.20 bits per heavy atom. The molecule has 20 heavy (non-hydrogen) atoms. The summed E-state index contributed by atoms with van der Waals surface area (Å²) in [7, 11) is 0. The number of aliphatic imine (C=N–C) groups is 1. The van der Waals surface area contributed by atoms with E-state index in [1.54, 1.807) is 32.0 Å². The van der Waals surface area contributed by atoms with Crippen LogP contribution >= 0.6 is 0 Å². The van der Waals surface area contributed by atoms with Gasteiger partial charge < -0.3 is 14.6 Å². The Morgan fingerprint density at radius 3 is 2.25 bits per heavy atom. The Labute approximate surface area is 117 Å². The lowest BCUT2D eigenvalue weighted by Gasteiger charge is -2.10. The van der Waals surface area contributed by atoms with Crippen LogP contribution < -0.4 is 0 Å². The zero-order chi connectivity index (χ0) is 15.0. The van der Waals surface area contributed by atoms with E-state index in [2.05, 4.69) is 4.99 Å². The monoisotopic (exact) mass is 279 g/mol. The third-order valence-electron chi connectivity index (χ3n) is 2.33. The second-order valence-corrected chi connectivity index (χ2v) is 3.75. The minimum Gasteiger partial charge on any atom is -0.506 e. The van der Waals surface area contributed by atoms with E-state index in [0.29, 0.717) is 0 Å². The molecule has 0 aromatic heterocycles. The Kier molecular flexibility index (Phi) is 6.22. The molecule has 0 radical (unpaired) electrons. The molecule has 0 heterocycles. The van der Waals surface area contributed by atoms with Crippen molar-refractivity contribution in [3.63, 3.8) is 0 Å². The lowest BCUT2D eigenvalue weighted by atomic mass is 10.1. The number of hydrogen-bond donors (Lipinski definition) is 1. The molecule has 0 saturated heterocycles. The third kappa shape index (κ3) is 4.38. The number of esters is 2. The topological polar surface area (TPSA) is 85.2 Å². The van der Waals surface area contributed by atoms with Crippen LogP contribution in [0.1, 0.15) is 13.8 Å². The minimum atomic E-state index is -1.24. The summed E-state index contributed by atoms with van der Waals surface area (Å²) in [4.78, 5) is 27.3. The molecule has 6 heteroatoms. The number of carbonyl (C=O) groups is 2. The van der Waals surface area contributed by atoms with Gasteiger partial charge in [0.25, 0.3) is 0 Å². The highest BCUT2D eigenvalue weighted by Gasteiger charge is 2.27. The smallest absolute Gasteiger partial charge is 0.325 e. The second-order valence-electron chi connectivity index (χ2n) is 3.75. The second kappa shape index (κ2) is 7.93. The van der Waals surface area contributed by atoms with E-state index in [1.807, 2.05) is 0 Å². The van der Waals surface area contributed by atoms with Crippen molar-refractivity contribution in [2.75, 3.05) is 13.2 Å². The summed E-state index contributed by atoms with van der Waals surface area (Å²) >= 11 is 0. The fraction of sp³-hybridized carbons (Fsp3) is 0.357. The van der Waals surface area contributed by atoms with Crippen LogP contribution in [0.15, 0.2) is 29.3 Å². The molecule has 0 spiro atoms. The van der Waals surface area contributed by atoms with Crippen LogP contribution in [-0.2, 0) is 19.1 Å². The summed E-state index contributed by atoms with van der Waals surface area (Å²) in [6.45, 7) is 3.58. The maximum atomic E-state index is 11.7. The van der Waals surface area contributed by atoms with Crippen molar-refractivity contribution in [3.05, 3.63) is 24.3 Å². The van der Waals surface area contributed by atoms with Gasteiger partial charge in [-0.25, -0.2) is 0 Å². The highest BCUT2D eigenvalue weighted by molar-refractivity contribution is 6.09. The molecule has 0 aliphatic rings. The van der Waals surface area contributed by atoms with Gasteiger partial charge in [0.15, 0.2) is 5.92 Å². The molecule has 0 saturated carbocycles. The summed E-state index contributed by atoms with van der Waals surface area (Å²) < 4.78 is 9.59. The van der Waals surface area contributed by atoms with E-state index >= 15 is 0 Å². The molecule has 0 aliphatic carbocycles. The maximum absolute atomic E-state index is 11.7. The first kappa shape index (κ1) is 15.7. The van der Waals surface area contributed by atoms with Gasteiger partial charge in [0.1, 0.15) is 11.4 Å². The highest BCUT2D eigenvalue weighted by Crippen LogP contribution is 2.24. The molecular formula is C14H17NO5. The van der Waals surface area contributed by atoms with Crippen molar-refractivity contribution < 1.29 is 24.2 Å². The van der Waals surface area contributed by atoms with Gasteiger partial charge in [-0.3, -0.25) is 14.6 Å². The highest BCUT2D eigenvalue weighted by atomic mass is 16.6. The van der Waals surface area contributed by atoms with E-state index in [-0.39, 0.29) is 24.7 Å². The molecule has 0 aliphatic heterocycles. The van der Waals surface area contributed by atoms with Crippen molar-refractivity contribution >= 4 is 23.8 Å². The van der Waals surface area contributed by atoms with Crippen LogP contribution in [0, 0.1) is 5.92 Å². The zero-order valence-electron chi connectivity index (χ0n) is 11.4. The molecule has 1 aromatic carbocycles. The average Bonchev–Trinajstić information content (AvgIpc) is 2.41. The number of carbonyl (C=O) groups excluding carboxylic acids is 2. The van der Waals surface area contributed by atoms with Gasteiger partial charge in [0.05, 0.1) is 13.2 Å². The quantitative estimate of drug-likeness (QED) is 0.488. The molecule has 0 bridgehead atoms. The molecule has 0 amide bonds. The van der Waals surface area contributed by atoms with Gasteiger partial charge in [-0.05, 0) is 26.0 Å². The lowest BCUT2D eigenvalue weighted by molar-refractivity contribution is -0.157. The third-order valence-corrected chi connectivity index (χ3v) is 2.33. The Balaban J connectivity index is 2.91. The summed E-state index contributed by atoms with van der Waals surface area (Å²) in [5.41, 5.74) is 0.256. The van der Waals surface area contributed by atoms with E-state index in [0.717, 1.165) is 6.21 Å². The van der Waals surface area contributed by atoms with Gasteiger partial charge in [-0.15, -0.1) is 0 Å². The first-order valence-electron chi connectivity index (χ1n) is 6.25. The number of rotatable bonds is 6. The van der Waals surface area contributed by atoms with Gasteiger partial charge in [-0.1, -0.05) is 12.1 Å². The van der Waals surface area contributed by atoms with Crippen LogP contribution in [0.4, 0.5) is 5.69 Å². The number of phenols is 1. The van der Waals surface area contributed by atoms with Crippen LogP contribution in [0.3, 0.4) is 0 Å². The zero-order valence-corrected chi connectivity index (χ0v) is 11.4. The average molecular weight is 279 g/mol. The molecule has 1 aromatic rings. The molecule has 6 nitrogen and oxygen atoms in total. The van der Waals surface area contributed by atoms with Crippen LogP contribution in [0.5, 0.6) is 5.75 Å². The standard InChI is InChI=1S/C14H17NO5/c1-3-19-13(17)10(14(18)20-4-2)9-15-11-7-5-6-8-12(11)16/h5-10,16H,3-4H2,1-2H3. The maximum Gasteiger partial charge on any atom is 0.325 e. The molecule has 1 N–H and O–H groups in total. The number of nitrogens with zero attached hydrogens (tertiary/aromatic N) is 1. The van der Waals surface area contributed by atoms with E-state index in [9.17, 15) is 14.7 Å². The van der Waals surface area contributed by atoms with Crippen molar-refractivity contribution in [2.45, 2.75) is 13.8 Å². The SMILES string of the molecule is CCOC(=O)C(C=Nc1ccccc1O)C(=O)OCC. The fourth-order valence-electron chi connectivity index (χ4n) is 1.41. The Bertz CT molecular complexity index is 480. The van der Waals surface area contributed by atoms with Gasteiger partial charge in [0.2, 0.25) is 0 Å². The minimum absolute atomic E-state index is 0.0461. The van der Waals surface area contributed by atoms with Gasteiger partial charge in [-0.2, -0.15) is 0 Å². The van der Waals surface area contributed by atoms with Crippen LogP contribution in [-0.4, -0.2) is 36.5 Å². The normalized spacial score (nSPS) is 10.8. The molecule has 0 atom stereocenters. The summed E-state index contributed by atoms with van der Waals surface area (Å²) in [5, 5.41) is 9.56. The predicted molar refractivity (Wildman–Crippen MR) is 73.0 cm³/mol. The van der Waals surface area contributed by atoms with E-state index < -0.39 is 17.9 Å². The first-order valence-corrected chi connectivity index (χ1v) is 6.25. The van der Waals surface area contributed by atoms with Crippen molar-refractivity contribution in [3.8, 4) is 5.75 Å². The van der Waals surface area contributed by atoms with Crippen LogP contribution in [0.2, 0.25) is 0 Å². The van der Waals surface area contributed by atoms with E-state index in [1.165, 1.54) is 6.07 Å². The van der Waals surface area contributed by atoms with Gasteiger partial charge in [0, 0.05) is 6.21 Å². The Morgan fingerprint density at radius 2 is 1.75 bits per heavy atom. The number of para-hydroxylation sites is 2. The largest absolute Gasteiger partial charge is 0.506 e. The number of phenolic OH excluding ortho intramolecular Hbond substituents is 1. The first-order chi connectivity index (χ1) is 9.60. The molecule has 0 fully saturated rings. The number of hydrogen-bond acceptors (Lipinski definition) is 6. The predicted octanol–water partition coefficient (Wildman–Crippen LogP) is 1.84. The van der Waals surface area contributed by atoms with E-state index in [4.69, 9.17) is 9.47 Å². The van der Waals surface area contributed by atoms with Crippen molar-refractivity contribution in [2.24, 2.45) is 10.9 Å². The summed E-state index contributed by atoms with van der Waals surface area (Å²) in [6.07, 6.45) is 1.12. The van der Waals surface area contributed by atoms with Gasteiger partial charge >= 0.3 is 11.9 Å². The molecule has 0 unspecified atom stereocenters. The summed E-state index contributed by atoms with van der Waals surface area (Å²) in [5.74, 6) is -2.75. The van der Waals surface area contributed by atoms with Crippen molar-refractivity contribution in [1.82, 2.24) is 0 Å². The van der Waals surface area contributed by atoms with Crippen molar-refractivity contribution in [1.29, 1.82) is 0 Å². The summed E-state index contributed by atoms with van der Waals surface area (Å²) in [6, 6.07) is 6.33. The fourth-order valence-corrected chi connectivity index (χ4v) is 1.41. The molecular weight excluding hydrogens is 262 g/mol. The molecule has 1 rings (SSSR count). The van der Waals surface area contributed by atoms with Crippen LogP contribution in [0.25, 0.3) is 0 Å².